The third-order valence-corrected chi connectivity index (χ3v) is 6.89. The van der Waals surface area contributed by atoms with Crippen LogP contribution in [0.5, 0.6) is 0 Å². The van der Waals surface area contributed by atoms with Gasteiger partial charge in [0.05, 0.1) is 18.7 Å². The minimum absolute atomic E-state index is 0.289. The minimum atomic E-state index is 0.289. The van der Waals surface area contributed by atoms with E-state index in [4.69, 9.17) is 4.74 Å². The van der Waals surface area contributed by atoms with Gasteiger partial charge in [0.25, 0.3) is 0 Å². The van der Waals surface area contributed by atoms with Crippen molar-refractivity contribution in [1.29, 1.82) is 0 Å². The Hall–Kier alpha value is -1.05. The van der Waals surface area contributed by atoms with E-state index in [0.717, 1.165) is 44.3 Å². The maximum Gasteiger partial charge on any atom is 0.209 e. The second-order valence-electron chi connectivity index (χ2n) is 8.47. The van der Waals surface area contributed by atoms with Gasteiger partial charge in [0.2, 0.25) is 5.82 Å². The van der Waals surface area contributed by atoms with Crippen LogP contribution in [0.4, 0.5) is 0 Å². The fourth-order valence-corrected chi connectivity index (χ4v) is 5.39. The second-order valence-corrected chi connectivity index (χ2v) is 8.47. The molecule has 0 radical (unpaired) electrons. The summed E-state index contributed by atoms with van der Waals surface area (Å²) < 4.78 is 7.82. The largest absolute Gasteiger partial charge is 0.376 e. The second kappa shape index (κ2) is 8.76. The van der Waals surface area contributed by atoms with E-state index in [2.05, 4.69) is 22.4 Å². The molecule has 1 aromatic heterocycles. The fourth-order valence-electron chi connectivity index (χ4n) is 5.39. The van der Waals surface area contributed by atoms with Gasteiger partial charge in [0, 0.05) is 13.0 Å². The summed E-state index contributed by atoms with van der Waals surface area (Å²) in [5.74, 6) is 1.07. The van der Waals surface area contributed by atoms with Crippen LogP contribution in [-0.2, 0) is 11.3 Å². The molecule has 7 nitrogen and oxygen atoms in total. The van der Waals surface area contributed by atoms with Crippen LogP contribution in [-0.4, -0.2) is 65.1 Å². The number of nitrogens with zero attached hydrogens (tertiary/aromatic N) is 4. The average molecular weight is 365 g/mol. The Kier molecular flexibility index (Phi) is 6.17. The highest BCUT2D eigenvalue weighted by molar-refractivity contribution is 4.88. The fraction of sp³-hybridized carbons (Fsp3) is 0.947. The van der Waals surface area contributed by atoms with Crippen LogP contribution in [0.3, 0.4) is 0 Å². The lowest BCUT2D eigenvalue weighted by Gasteiger charge is -2.38. The zero-order valence-electron chi connectivity index (χ0n) is 16.3. The summed E-state index contributed by atoms with van der Waals surface area (Å²) in [4.78, 5) is 3.54. The van der Waals surface area contributed by atoms with Crippen molar-refractivity contribution < 1.29 is 14.5 Å². The third kappa shape index (κ3) is 4.10. The Morgan fingerprint density at radius 3 is 2.58 bits per heavy atom. The molecule has 26 heavy (non-hydrogen) atoms. The van der Waals surface area contributed by atoms with Crippen molar-refractivity contribution in [1.82, 2.24) is 20.2 Å². The Labute approximate surface area is 157 Å². The van der Waals surface area contributed by atoms with Crippen molar-refractivity contribution in [3.05, 3.63) is 5.82 Å². The molecule has 1 aliphatic carbocycles. The maximum absolute atomic E-state index is 5.79. The molecule has 0 amide bonds. The Morgan fingerprint density at radius 1 is 1.08 bits per heavy atom. The first-order valence-electron chi connectivity index (χ1n) is 10.9. The summed E-state index contributed by atoms with van der Waals surface area (Å²) >= 11 is 0. The summed E-state index contributed by atoms with van der Waals surface area (Å²) in [7, 11) is 0. The van der Waals surface area contributed by atoms with Gasteiger partial charge in [-0.15, -0.1) is 5.10 Å². The Bertz CT molecular complexity index is 544. The number of aromatic nitrogens is 4. The van der Waals surface area contributed by atoms with E-state index in [9.17, 15) is 0 Å². The van der Waals surface area contributed by atoms with Gasteiger partial charge in [0.15, 0.2) is 0 Å². The first-order valence-corrected chi connectivity index (χ1v) is 10.9. The highest BCUT2D eigenvalue weighted by atomic mass is 16.5. The summed E-state index contributed by atoms with van der Waals surface area (Å²) in [5, 5.41) is 12.7. The standard InChI is InChI=1S/C19H34N6O/c1-2-18(19-20-21-22-25(19)15-17-9-6-14-26-17)24-12-10-23(11-13-24)16-7-4-3-5-8-16/h16-18H,2-15H2,1H3/p+2/t17-,18-/m1/s1. The van der Waals surface area contributed by atoms with Crippen LogP contribution in [0.15, 0.2) is 0 Å². The van der Waals surface area contributed by atoms with Gasteiger partial charge >= 0.3 is 0 Å². The highest BCUT2D eigenvalue weighted by Gasteiger charge is 2.36. The van der Waals surface area contributed by atoms with Gasteiger partial charge < -0.3 is 14.5 Å². The highest BCUT2D eigenvalue weighted by Crippen LogP contribution is 2.17. The molecule has 0 spiro atoms. The normalized spacial score (nSPS) is 32.0. The zero-order valence-corrected chi connectivity index (χ0v) is 16.3. The van der Waals surface area contributed by atoms with Gasteiger partial charge in [-0.3, -0.25) is 0 Å². The number of ether oxygens (including phenoxy) is 1. The van der Waals surface area contributed by atoms with E-state index < -0.39 is 0 Å². The average Bonchev–Trinajstić information content (AvgIpc) is 3.37. The van der Waals surface area contributed by atoms with E-state index in [0.29, 0.717) is 6.04 Å². The van der Waals surface area contributed by atoms with E-state index in [1.165, 1.54) is 58.3 Å². The number of quaternary nitrogens is 2. The predicted octanol–water partition coefficient (Wildman–Crippen LogP) is -0.581. The lowest BCUT2D eigenvalue weighted by atomic mass is 9.93. The van der Waals surface area contributed by atoms with Crippen molar-refractivity contribution in [2.75, 3.05) is 32.8 Å². The molecule has 7 heteroatoms. The summed E-state index contributed by atoms with van der Waals surface area (Å²) in [6, 6.07) is 1.34. The number of hydrogen-bond donors (Lipinski definition) is 2. The molecule has 146 valence electrons. The van der Waals surface area contributed by atoms with Crippen LogP contribution in [0, 0.1) is 0 Å². The number of hydrogen-bond acceptors (Lipinski definition) is 4. The zero-order chi connectivity index (χ0) is 17.8. The van der Waals surface area contributed by atoms with Gasteiger partial charge in [-0.1, -0.05) is 13.3 Å². The molecule has 3 heterocycles. The van der Waals surface area contributed by atoms with Gasteiger partial charge in [-0.25, -0.2) is 4.68 Å². The molecule has 2 N–H and O–H groups in total. The van der Waals surface area contributed by atoms with Crippen LogP contribution in [0.25, 0.3) is 0 Å². The first kappa shape index (κ1) is 18.3. The van der Waals surface area contributed by atoms with Crippen molar-refractivity contribution in [3.63, 3.8) is 0 Å². The SMILES string of the molecule is CC[C@H](c1nnnn1C[C@H]1CCCO1)[NH+]1CC[NH+](C2CCCCC2)CC1. The van der Waals surface area contributed by atoms with Gasteiger partial charge in [-0.05, 0) is 49.0 Å². The summed E-state index contributed by atoms with van der Waals surface area (Å²) in [6.45, 7) is 9.09. The molecule has 2 atom stereocenters. The molecule has 2 saturated heterocycles. The number of nitrogens with one attached hydrogen (secondary N) is 2. The minimum Gasteiger partial charge on any atom is -0.376 e. The van der Waals surface area contributed by atoms with E-state index in [1.54, 1.807) is 4.90 Å². The van der Waals surface area contributed by atoms with E-state index >= 15 is 0 Å². The molecule has 1 aromatic rings. The number of rotatable bonds is 6. The molecule has 1 saturated carbocycles. The monoisotopic (exact) mass is 364 g/mol. The van der Waals surface area contributed by atoms with Crippen molar-refractivity contribution >= 4 is 0 Å². The number of piperazine rings is 1. The molecule has 0 aromatic carbocycles. The van der Waals surface area contributed by atoms with Gasteiger partial charge in [-0.2, -0.15) is 0 Å². The molecule has 3 aliphatic rings. The van der Waals surface area contributed by atoms with Crippen molar-refractivity contribution in [3.8, 4) is 0 Å². The molecule has 0 bridgehead atoms. The lowest BCUT2D eigenvalue weighted by Crippen LogP contribution is -3.29. The van der Waals surface area contributed by atoms with Crippen LogP contribution >= 0.6 is 0 Å². The Morgan fingerprint density at radius 2 is 1.88 bits per heavy atom. The quantitative estimate of drug-likeness (QED) is 0.709. The maximum atomic E-state index is 5.79. The molecule has 2 aliphatic heterocycles. The molecular formula is C19H36N6O+2. The molecule has 3 fully saturated rings. The van der Waals surface area contributed by atoms with Crippen molar-refractivity contribution in [2.24, 2.45) is 0 Å². The summed E-state index contributed by atoms with van der Waals surface area (Å²) in [6.07, 6.45) is 10.9. The Balaban J connectivity index is 1.36. The van der Waals surface area contributed by atoms with E-state index in [1.807, 2.05) is 9.58 Å². The number of tetrazole rings is 1. The molecular weight excluding hydrogens is 328 g/mol. The summed E-state index contributed by atoms with van der Waals surface area (Å²) in [5.41, 5.74) is 0. The lowest BCUT2D eigenvalue weighted by molar-refractivity contribution is -1.04. The van der Waals surface area contributed by atoms with Crippen LogP contribution < -0.4 is 9.80 Å². The van der Waals surface area contributed by atoms with Gasteiger partial charge in [0.1, 0.15) is 32.2 Å². The van der Waals surface area contributed by atoms with Crippen molar-refractivity contribution in [2.45, 2.75) is 83.0 Å². The topological polar surface area (TPSA) is 61.7 Å². The smallest absolute Gasteiger partial charge is 0.209 e. The predicted molar refractivity (Wildman–Crippen MR) is 98.1 cm³/mol. The van der Waals surface area contributed by atoms with Crippen LogP contribution in [0.1, 0.15) is 70.2 Å². The first-order chi connectivity index (χ1) is 12.8. The third-order valence-electron chi connectivity index (χ3n) is 6.89. The van der Waals surface area contributed by atoms with Crippen LogP contribution in [0.2, 0.25) is 0 Å². The van der Waals surface area contributed by atoms with E-state index in [-0.39, 0.29) is 6.10 Å². The molecule has 0 unspecified atom stereocenters. The molecule has 4 rings (SSSR count).